The Morgan fingerprint density at radius 2 is 1.72 bits per heavy atom. The SMILES string of the molecule is CN1CCN(c2nc(NCc3ccc(-c4cccc(F)c4)cc3)c3ncn(C4CCCC4)c3n2)CC1. The molecule has 0 radical (unpaired) electrons. The molecule has 0 unspecified atom stereocenters. The third kappa shape index (κ3) is 4.65. The topological polar surface area (TPSA) is 62.1 Å². The predicted molar refractivity (Wildman–Crippen MR) is 142 cm³/mol. The standard InChI is InChI=1S/C28H32FN7/c1-34-13-15-35(16-14-34)28-32-26(25-27(33-28)36(19-31-25)24-7-2-3-8-24)30-18-20-9-11-21(12-10-20)22-5-4-6-23(29)17-22/h4-6,9-12,17,19,24H,2-3,7-8,13-16,18H2,1H3,(H,30,32,33). The number of anilines is 2. The van der Waals surface area contributed by atoms with Crippen LogP contribution >= 0.6 is 0 Å². The number of hydrogen-bond acceptors (Lipinski definition) is 6. The van der Waals surface area contributed by atoms with Gasteiger partial charge >= 0.3 is 0 Å². The monoisotopic (exact) mass is 485 g/mol. The molecule has 7 nitrogen and oxygen atoms in total. The predicted octanol–water partition coefficient (Wildman–Crippen LogP) is 5.11. The molecule has 1 aliphatic carbocycles. The van der Waals surface area contributed by atoms with E-state index in [0.717, 1.165) is 65.8 Å². The fourth-order valence-electron chi connectivity index (χ4n) is 5.29. The number of nitrogens with one attached hydrogen (secondary N) is 1. The fraction of sp³-hybridized carbons (Fsp3) is 0.393. The summed E-state index contributed by atoms with van der Waals surface area (Å²) in [4.78, 5) is 19.3. The number of imidazole rings is 1. The number of nitrogens with zero attached hydrogens (tertiary/aromatic N) is 6. The Balaban J connectivity index is 1.27. The number of rotatable bonds is 6. The molecule has 2 aromatic carbocycles. The van der Waals surface area contributed by atoms with E-state index in [1.165, 1.54) is 31.7 Å². The van der Waals surface area contributed by atoms with Crippen molar-refractivity contribution in [3.8, 4) is 11.1 Å². The lowest BCUT2D eigenvalue weighted by atomic mass is 10.0. The zero-order chi connectivity index (χ0) is 24.5. The van der Waals surface area contributed by atoms with Crippen molar-refractivity contribution in [1.29, 1.82) is 0 Å². The normalized spacial score (nSPS) is 17.2. The van der Waals surface area contributed by atoms with Crippen LogP contribution in [0, 0.1) is 5.82 Å². The first-order valence-electron chi connectivity index (χ1n) is 12.9. The summed E-state index contributed by atoms with van der Waals surface area (Å²) in [5.74, 6) is 1.33. The lowest BCUT2D eigenvalue weighted by Crippen LogP contribution is -2.45. The van der Waals surface area contributed by atoms with Crippen molar-refractivity contribution >= 4 is 22.9 Å². The van der Waals surface area contributed by atoms with Crippen molar-refractivity contribution in [2.75, 3.05) is 43.4 Å². The van der Waals surface area contributed by atoms with E-state index in [0.29, 0.717) is 12.6 Å². The van der Waals surface area contributed by atoms with Crippen LogP contribution in [0.4, 0.5) is 16.2 Å². The number of piperazine rings is 1. The van der Waals surface area contributed by atoms with Crippen LogP contribution in [0.2, 0.25) is 0 Å². The molecule has 1 N–H and O–H groups in total. The first-order valence-corrected chi connectivity index (χ1v) is 12.9. The van der Waals surface area contributed by atoms with Crippen molar-refractivity contribution in [2.45, 2.75) is 38.3 Å². The molecule has 0 spiro atoms. The Morgan fingerprint density at radius 3 is 2.47 bits per heavy atom. The number of benzene rings is 2. The van der Waals surface area contributed by atoms with E-state index in [4.69, 9.17) is 15.0 Å². The Kier molecular flexibility index (Phi) is 6.27. The summed E-state index contributed by atoms with van der Waals surface area (Å²) in [6.45, 7) is 4.46. The van der Waals surface area contributed by atoms with Crippen LogP contribution in [0.3, 0.4) is 0 Å². The zero-order valence-corrected chi connectivity index (χ0v) is 20.7. The summed E-state index contributed by atoms with van der Waals surface area (Å²) >= 11 is 0. The minimum atomic E-state index is -0.223. The molecule has 2 aromatic heterocycles. The van der Waals surface area contributed by atoms with Gasteiger partial charge in [0.2, 0.25) is 5.95 Å². The highest BCUT2D eigenvalue weighted by Gasteiger charge is 2.24. The average Bonchev–Trinajstić information content (AvgIpc) is 3.58. The molecule has 36 heavy (non-hydrogen) atoms. The van der Waals surface area contributed by atoms with E-state index in [1.54, 1.807) is 12.1 Å². The molecule has 0 atom stereocenters. The smallest absolute Gasteiger partial charge is 0.229 e. The summed E-state index contributed by atoms with van der Waals surface area (Å²) < 4.78 is 15.9. The molecule has 8 heteroatoms. The molecule has 4 aromatic rings. The lowest BCUT2D eigenvalue weighted by molar-refractivity contribution is 0.311. The van der Waals surface area contributed by atoms with E-state index in [-0.39, 0.29) is 5.82 Å². The molecule has 6 rings (SSSR count). The summed E-state index contributed by atoms with van der Waals surface area (Å²) in [5.41, 5.74) is 4.75. The van der Waals surface area contributed by atoms with Crippen LogP contribution in [0.25, 0.3) is 22.3 Å². The largest absolute Gasteiger partial charge is 0.364 e. The van der Waals surface area contributed by atoms with Gasteiger partial charge < -0.3 is 19.7 Å². The summed E-state index contributed by atoms with van der Waals surface area (Å²) in [5, 5.41) is 3.54. The number of halogens is 1. The van der Waals surface area contributed by atoms with Crippen LogP contribution in [0.1, 0.15) is 37.3 Å². The second kappa shape index (κ2) is 9.85. The number of fused-ring (bicyclic) bond motifs is 1. The number of aromatic nitrogens is 4. The molecule has 2 fully saturated rings. The van der Waals surface area contributed by atoms with Gasteiger partial charge in [-0.15, -0.1) is 0 Å². The van der Waals surface area contributed by atoms with E-state index in [1.807, 2.05) is 24.5 Å². The molecule has 0 amide bonds. The maximum absolute atomic E-state index is 13.6. The summed E-state index contributed by atoms with van der Waals surface area (Å²) in [6.07, 6.45) is 6.83. The van der Waals surface area contributed by atoms with Gasteiger partial charge in [0.15, 0.2) is 17.0 Å². The van der Waals surface area contributed by atoms with Crippen LogP contribution in [-0.2, 0) is 6.54 Å². The van der Waals surface area contributed by atoms with Gasteiger partial charge in [-0.2, -0.15) is 9.97 Å². The molecule has 3 heterocycles. The highest BCUT2D eigenvalue weighted by Crippen LogP contribution is 2.33. The Hall–Kier alpha value is -3.52. The van der Waals surface area contributed by atoms with Crippen LogP contribution < -0.4 is 10.2 Å². The average molecular weight is 486 g/mol. The minimum Gasteiger partial charge on any atom is -0.364 e. The first kappa shape index (κ1) is 22.9. The fourth-order valence-corrected chi connectivity index (χ4v) is 5.29. The molecule has 0 bridgehead atoms. The molecule has 1 aliphatic heterocycles. The van der Waals surface area contributed by atoms with E-state index in [2.05, 4.69) is 38.9 Å². The van der Waals surface area contributed by atoms with Crippen LogP contribution in [0.15, 0.2) is 54.9 Å². The third-order valence-electron chi connectivity index (χ3n) is 7.49. The Bertz CT molecular complexity index is 1340. The summed E-state index contributed by atoms with van der Waals surface area (Å²) in [7, 11) is 2.16. The van der Waals surface area contributed by atoms with Gasteiger partial charge in [0.1, 0.15) is 5.82 Å². The number of hydrogen-bond donors (Lipinski definition) is 1. The lowest BCUT2D eigenvalue weighted by Gasteiger charge is -2.32. The maximum atomic E-state index is 13.6. The van der Waals surface area contributed by atoms with Crippen LogP contribution in [-0.4, -0.2) is 57.6 Å². The maximum Gasteiger partial charge on any atom is 0.229 e. The highest BCUT2D eigenvalue weighted by molar-refractivity contribution is 5.84. The molecule has 2 aliphatic rings. The van der Waals surface area contributed by atoms with E-state index >= 15 is 0 Å². The minimum absolute atomic E-state index is 0.223. The zero-order valence-electron chi connectivity index (χ0n) is 20.7. The quantitative estimate of drug-likeness (QED) is 0.410. The summed E-state index contributed by atoms with van der Waals surface area (Å²) in [6, 6.07) is 15.4. The molecule has 1 saturated carbocycles. The second-order valence-corrected chi connectivity index (χ2v) is 9.99. The third-order valence-corrected chi connectivity index (χ3v) is 7.49. The van der Waals surface area contributed by atoms with Gasteiger partial charge in [0.25, 0.3) is 0 Å². The first-order chi connectivity index (χ1) is 17.6. The molecular formula is C28H32FN7. The van der Waals surface area contributed by atoms with Gasteiger partial charge in [-0.3, -0.25) is 0 Å². The van der Waals surface area contributed by atoms with Gasteiger partial charge in [-0.05, 0) is 48.7 Å². The molecule has 1 saturated heterocycles. The van der Waals surface area contributed by atoms with Crippen LogP contribution in [0.5, 0.6) is 0 Å². The number of likely N-dealkylation sites (N-methyl/N-ethyl adjacent to an activating group) is 1. The van der Waals surface area contributed by atoms with Crippen molar-refractivity contribution in [2.24, 2.45) is 0 Å². The Labute approximate surface area is 211 Å². The second-order valence-electron chi connectivity index (χ2n) is 9.99. The highest BCUT2D eigenvalue weighted by atomic mass is 19.1. The van der Waals surface area contributed by atoms with Crippen molar-refractivity contribution < 1.29 is 4.39 Å². The van der Waals surface area contributed by atoms with Crippen molar-refractivity contribution in [3.05, 3.63) is 66.2 Å². The van der Waals surface area contributed by atoms with Crippen molar-refractivity contribution in [1.82, 2.24) is 24.4 Å². The van der Waals surface area contributed by atoms with E-state index in [9.17, 15) is 4.39 Å². The van der Waals surface area contributed by atoms with Gasteiger partial charge in [0, 0.05) is 38.8 Å². The molecule has 186 valence electrons. The Morgan fingerprint density at radius 1 is 0.944 bits per heavy atom. The van der Waals surface area contributed by atoms with E-state index < -0.39 is 0 Å². The van der Waals surface area contributed by atoms with Gasteiger partial charge in [-0.1, -0.05) is 49.2 Å². The van der Waals surface area contributed by atoms with Crippen molar-refractivity contribution in [3.63, 3.8) is 0 Å². The molecular weight excluding hydrogens is 453 g/mol. The van der Waals surface area contributed by atoms with Gasteiger partial charge in [0.05, 0.1) is 6.33 Å². The van der Waals surface area contributed by atoms with Gasteiger partial charge in [-0.25, -0.2) is 9.37 Å².